The molecule has 0 aliphatic carbocycles. The molecule has 0 saturated carbocycles. The molecule has 0 amide bonds. The fraction of sp³-hybridized carbons (Fsp3) is 0.778. The smallest absolute Gasteiger partial charge is 0.130 e. The first-order valence-corrected chi connectivity index (χ1v) is 4.05. The third-order valence-electron chi connectivity index (χ3n) is 2.03. The van der Waals surface area contributed by atoms with Crippen molar-refractivity contribution in [3.8, 4) is 12.3 Å². The van der Waals surface area contributed by atoms with Crippen LogP contribution >= 0.6 is 0 Å². The molecule has 11 heavy (non-hydrogen) atoms. The second-order valence-electron chi connectivity index (χ2n) is 3.25. The van der Waals surface area contributed by atoms with Gasteiger partial charge < -0.3 is 10.1 Å². The van der Waals surface area contributed by atoms with Gasteiger partial charge in [0.15, 0.2) is 0 Å². The largest absolute Gasteiger partial charge is 0.363 e. The summed E-state index contributed by atoms with van der Waals surface area (Å²) >= 11 is 0. The van der Waals surface area contributed by atoms with Crippen LogP contribution in [0.4, 0.5) is 0 Å². The molecule has 62 valence electrons. The first-order valence-electron chi connectivity index (χ1n) is 4.05. The van der Waals surface area contributed by atoms with Crippen LogP contribution in [-0.4, -0.2) is 25.3 Å². The van der Waals surface area contributed by atoms with Crippen molar-refractivity contribution in [3.05, 3.63) is 0 Å². The molecule has 1 aliphatic rings. The lowest BCUT2D eigenvalue weighted by molar-refractivity contribution is 0.0253. The highest BCUT2D eigenvalue weighted by molar-refractivity contribution is 4.98. The minimum Gasteiger partial charge on any atom is -0.363 e. The predicted octanol–water partition coefficient (Wildman–Crippen LogP) is 0.633. The standard InChI is InChI=1S/C9H15NO/c1-4-8-5-10-9(6-11-8)7(2)3/h1,7-10H,5-6H2,2-3H3/t8-,9+/m0/s1. The van der Waals surface area contributed by atoms with Crippen LogP contribution in [0, 0.1) is 18.3 Å². The molecule has 0 aromatic rings. The number of hydrogen-bond donors (Lipinski definition) is 1. The van der Waals surface area contributed by atoms with Crippen molar-refractivity contribution in [2.45, 2.75) is 26.0 Å². The van der Waals surface area contributed by atoms with Crippen molar-refractivity contribution >= 4 is 0 Å². The highest BCUT2D eigenvalue weighted by Crippen LogP contribution is 2.07. The third kappa shape index (κ3) is 2.21. The lowest BCUT2D eigenvalue weighted by atomic mass is 10.0. The number of terminal acetylenes is 1. The molecule has 1 N–H and O–H groups in total. The summed E-state index contributed by atoms with van der Waals surface area (Å²) in [7, 11) is 0. The van der Waals surface area contributed by atoms with Crippen LogP contribution in [0.1, 0.15) is 13.8 Å². The molecule has 2 atom stereocenters. The Balaban J connectivity index is 2.31. The Hall–Kier alpha value is -0.520. The van der Waals surface area contributed by atoms with E-state index in [-0.39, 0.29) is 6.10 Å². The maximum Gasteiger partial charge on any atom is 0.130 e. The average molecular weight is 153 g/mol. The molecule has 2 heteroatoms. The summed E-state index contributed by atoms with van der Waals surface area (Å²) in [6, 6.07) is 0.472. The Labute approximate surface area is 68.3 Å². The maximum atomic E-state index is 5.40. The normalized spacial score (nSPS) is 31.8. The Morgan fingerprint density at radius 1 is 1.64 bits per heavy atom. The molecule has 2 nitrogen and oxygen atoms in total. The highest BCUT2D eigenvalue weighted by Gasteiger charge is 2.21. The zero-order valence-corrected chi connectivity index (χ0v) is 7.13. The Kier molecular flexibility index (Phi) is 2.92. The molecule has 1 saturated heterocycles. The van der Waals surface area contributed by atoms with Crippen LogP contribution in [0.15, 0.2) is 0 Å². The topological polar surface area (TPSA) is 21.3 Å². The van der Waals surface area contributed by atoms with Gasteiger partial charge >= 0.3 is 0 Å². The molecule has 1 aliphatic heterocycles. The van der Waals surface area contributed by atoms with Crippen molar-refractivity contribution in [2.75, 3.05) is 13.2 Å². The quantitative estimate of drug-likeness (QED) is 0.558. The van der Waals surface area contributed by atoms with Crippen molar-refractivity contribution in [1.82, 2.24) is 5.32 Å². The van der Waals surface area contributed by atoms with E-state index < -0.39 is 0 Å². The van der Waals surface area contributed by atoms with Crippen molar-refractivity contribution in [3.63, 3.8) is 0 Å². The van der Waals surface area contributed by atoms with Gasteiger partial charge in [0.25, 0.3) is 0 Å². The van der Waals surface area contributed by atoms with E-state index in [1.807, 2.05) is 0 Å². The van der Waals surface area contributed by atoms with Gasteiger partial charge in [0.05, 0.1) is 6.61 Å². The molecule has 1 rings (SSSR count). The van der Waals surface area contributed by atoms with E-state index >= 15 is 0 Å². The van der Waals surface area contributed by atoms with Crippen molar-refractivity contribution < 1.29 is 4.74 Å². The van der Waals surface area contributed by atoms with Crippen LogP contribution in [-0.2, 0) is 4.74 Å². The van der Waals surface area contributed by atoms with Gasteiger partial charge in [-0.05, 0) is 5.92 Å². The van der Waals surface area contributed by atoms with Crippen molar-refractivity contribution in [1.29, 1.82) is 0 Å². The number of rotatable bonds is 1. The van der Waals surface area contributed by atoms with Gasteiger partial charge in [0, 0.05) is 12.6 Å². The summed E-state index contributed by atoms with van der Waals surface area (Å²) < 4.78 is 5.40. The van der Waals surface area contributed by atoms with E-state index in [9.17, 15) is 0 Å². The van der Waals surface area contributed by atoms with Gasteiger partial charge in [-0.3, -0.25) is 0 Å². The first-order chi connectivity index (χ1) is 5.24. The zero-order valence-electron chi connectivity index (χ0n) is 7.13. The number of ether oxygens (including phenoxy) is 1. The molecular formula is C9H15NO. The van der Waals surface area contributed by atoms with E-state index in [2.05, 4.69) is 25.1 Å². The van der Waals surface area contributed by atoms with E-state index in [0.717, 1.165) is 13.2 Å². The summed E-state index contributed by atoms with van der Waals surface area (Å²) in [6.45, 7) is 5.89. The number of morpholine rings is 1. The van der Waals surface area contributed by atoms with Gasteiger partial charge in [-0.2, -0.15) is 0 Å². The summed E-state index contributed by atoms with van der Waals surface area (Å²) in [6.07, 6.45) is 5.19. The maximum absolute atomic E-state index is 5.40. The molecule has 0 aromatic heterocycles. The van der Waals surface area contributed by atoms with Gasteiger partial charge in [-0.1, -0.05) is 19.8 Å². The van der Waals surface area contributed by atoms with E-state index in [0.29, 0.717) is 12.0 Å². The van der Waals surface area contributed by atoms with Crippen LogP contribution in [0.3, 0.4) is 0 Å². The Morgan fingerprint density at radius 3 is 2.73 bits per heavy atom. The average Bonchev–Trinajstić information content (AvgIpc) is 2.05. The van der Waals surface area contributed by atoms with Gasteiger partial charge in [-0.25, -0.2) is 0 Å². The van der Waals surface area contributed by atoms with Gasteiger partial charge in [0.2, 0.25) is 0 Å². The van der Waals surface area contributed by atoms with Crippen LogP contribution in [0.2, 0.25) is 0 Å². The molecule has 1 fully saturated rings. The van der Waals surface area contributed by atoms with Gasteiger partial charge in [-0.15, -0.1) is 6.42 Å². The molecule has 1 heterocycles. The third-order valence-corrected chi connectivity index (χ3v) is 2.03. The van der Waals surface area contributed by atoms with Crippen LogP contribution in [0.25, 0.3) is 0 Å². The summed E-state index contributed by atoms with van der Waals surface area (Å²) in [5.41, 5.74) is 0. The second kappa shape index (κ2) is 3.75. The minimum absolute atomic E-state index is 0.0231. The van der Waals surface area contributed by atoms with Crippen molar-refractivity contribution in [2.24, 2.45) is 5.92 Å². The van der Waals surface area contributed by atoms with E-state index in [4.69, 9.17) is 11.2 Å². The fourth-order valence-corrected chi connectivity index (χ4v) is 1.13. The first kappa shape index (κ1) is 8.58. The molecule has 0 bridgehead atoms. The Bertz CT molecular complexity index is 151. The summed E-state index contributed by atoms with van der Waals surface area (Å²) in [4.78, 5) is 0. The monoisotopic (exact) mass is 153 g/mol. The zero-order chi connectivity index (χ0) is 8.27. The van der Waals surface area contributed by atoms with Crippen LogP contribution < -0.4 is 5.32 Å². The lowest BCUT2D eigenvalue weighted by Crippen LogP contribution is -2.48. The fourth-order valence-electron chi connectivity index (χ4n) is 1.13. The Morgan fingerprint density at radius 2 is 2.36 bits per heavy atom. The highest BCUT2D eigenvalue weighted by atomic mass is 16.5. The number of nitrogens with one attached hydrogen (secondary N) is 1. The number of hydrogen-bond acceptors (Lipinski definition) is 2. The lowest BCUT2D eigenvalue weighted by Gasteiger charge is -2.30. The second-order valence-corrected chi connectivity index (χ2v) is 3.25. The summed E-state index contributed by atoms with van der Waals surface area (Å²) in [5.74, 6) is 3.20. The minimum atomic E-state index is -0.0231. The SMILES string of the molecule is C#C[C@H]1CN[C@@H](C(C)C)CO1. The van der Waals surface area contributed by atoms with E-state index in [1.54, 1.807) is 0 Å². The molecular weight excluding hydrogens is 138 g/mol. The molecule has 0 spiro atoms. The van der Waals surface area contributed by atoms with E-state index in [1.165, 1.54) is 0 Å². The molecule has 0 aromatic carbocycles. The van der Waals surface area contributed by atoms with Gasteiger partial charge in [0.1, 0.15) is 6.10 Å². The molecule has 0 unspecified atom stereocenters. The summed E-state index contributed by atoms with van der Waals surface area (Å²) in [5, 5.41) is 3.35. The predicted molar refractivity (Wildman–Crippen MR) is 45.2 cm³/mol. The van der Waals surface area contributed by atoms with Crippen LogP contribution in [0.5, 0.6) is 0 Å². The molecule has 0 radical (unpaired) electrons.